The van der Waals surface area contributed by atoms with Crippen LogP contribution in [0, 0.1) is 0 Å². The van der Waals surface area contributed by atoms with E-state index in [4.69, 9.17) is 0 Å². The molecule has 2 rings (SSSR count). The molecule has 1 aliphatic heterocycles. The standard InChI is InChI=1S/C18H21BrN2O/c1-4-17(19)16-8-9-21(3)18(16)13(2)20-11-14-6-5-7-15(10-14)12-22/h4-7,10,12,20H,1,8-9,11H2,2-3H3/b17-16+,18-13-. The predicted molar refractivity (Wildman–Crippen MR) is 94.8 cm³/mol. The first-order valence-electron chi connectivity index (χ1n) is 7.28. The predicted octanol–water partition coefficient (Wildman–Crippen LogP) is 3.99. The van der Waals surface area contributed by atoms with Gasteiger partial charge in [0.05, 0.1) is 5.70 Å². The van der Waals surface area contributed by atoms with Crippen molar-refractivity contribution < 1.29 is 4.79 Å². The zero-order chi connectivity index (χ0) is 16.1. The second-order valence-corrected chi connectivity index (χ2v) is 6.25. The van der Waals surface area contributed by atoms with Crippen LogP contribution in [0.3, 0.4) is 0 Å². The summed E-state index contributed by atoms with van der Waals surface area (Å²) in [6, 6.07) is 7.65. The van der Waals surface area contributed by atoms with Crippen LogP contribution in [0.25, 0.3) is 0 Å². The summed E-state index contributed by atoms with van der Waals surface area (Å²) in [5.41, 5.74) is 5.43. The van der Waals surface area contributed by atoms with Crippen LogP contribution in [0.1, 0.15) is 29.3 Å². The van der Waals surface area contributed by atoms with Gasteiger partial charge in [0.15, 0.2) is 0 Å². The van der Waals surface area contributed by atoms with Gasteiger partial charge in [0.25, 0.3) is 0 Å². The van der Waals surface area contributed by atoms with Crippen molar-refractivity contribution in [1.29, 1.82) is 0 Å². The maximum absolute atomic E-state index is 10.8. The van der Waals surface area contributed by atoms with Gasteiger partial charge in [0.2, 0.25) is 0 Å². The molecule has 1 N–H and O–H groups in total. The van der Waals surface area contributed by atoms with Crippen molar-refractivity contribution in [2.75, 3.05) is 13.6 Å². The summed E-state index contributed by atoms with van der Waals surface area (Å²) in [5.74, 6) is 0. The Morgan fingerprint density at radius 3 is 2.95 bits per heavy atom. The lowest BCUT2D eigenvalue weighted by atomic mass is 10.1. The van der Waals surface area contributed by atoms with Gasteiger partial charge in [-0.15, -0.1) is 0 Å². The number of carbonyl (C=O) groups is 1. The van der Waals surface area contributed by atoms with Gasteiger partial charge in [-0.25, -0.2) is 0 Å². The Balaban J connectivity index is 2.20. The summed E-state index contributed by atoms with van der Waals surface area (Å²) in [7, 11) is 2.10. The summed E-state index contributed by atoms with van der Waals surface area (Å²) in [6.45, 7) is 7.63. The molecule has 22 heavy (non-hydrogen) atoms. The molecule has 0 bridgehead atoms. The molecule has 3 nitrogen and oxygen atoms in total. The summed E-state index contributed by atoms with van der Waals surface area (Å²) in [4.78, 5) is 13.1. The molecule has 0 atom stereocenters. The number of nitrogens with zero attached hydrogens (tertiary/aromatic N) is 1. The maximum atomic E-state index is 10.8. The highest BCUT2D eigenvalue weighted by Gasteiger charge is 2.23. The van der Waals surface area contributed by atoms with Gasteiger partial charge in [0, 0.05) is 35.9 Å². The van der Waals surface area contributed by atoms with Crippen LogP contribution in [0.2, 0.25) is 0 Å². The topological polar surface area (TPSA) is 32.3 Å². The van der Waals surface area contributed by atoms with E-state index < -0.39 is 0 Å². The van der Waals surface area contributed by atoms with E-state index in [-0.39, 0.29) is 0 Å². The molecule has 0 saturated carbocycles. The van der Waals surface area contributed by atoms with Crippen molar-refractivity contribution >= 4 is 22.2 Å². The molecule has 1 saturated heterocycles. The molecule has 0 radical (unpaired) electrons. The van der Waals surface area contributed by atoms with Crippen molar-refractivity contribution in [3.05, 3.63) is 69.5 Å². The van der Waals surface area contributed by atoms with Gasteiger partial charge in [-0.1, -0.05) is 46.8 Å². The lowest BCUT2D eigenvalue weighted by Crippen LogP contribution is -2.19. The second-order valence-electron chi connectivity index (χ2n) is 5.39. The minimum atomic E-state index is 0.698. The largest absolute Gasteiger partial charge is 0.383 e. The quantitative estimate of drug-likeness (QED) is 0.805. The van der Waals surface area contributed by atoms with E-state index in [0.717, 1.165) is 35.0 Å². The average Bonchev–Trinajstić information content (AvgIpc) is 2.93. The lowest BCUT2D eigenvalue weighted by Gasteiger charge is -2.19. The molecule has 1 heterocycles. The highest BCUT2D eigenvalue weighted by atomic mass is 79.9. The number of halogens is 1. The zero-order valence-electron chi connectivity index (χ0n) is 13.0. The van der Waals surface area contributed by atoms with Gasteiger partial charge >= 0.3 is 0 Å². The SMILES string of the molecule is C=C/C(Br)=C1/CCN(C)/C1=C(/C)NCc1cccc(C=O)c1. The molecule has 0 amide bonds. The third-order valence-electron chi connectivity index (χ3n) is 3.83. The maximum Gasteiger partial charge on any atom is 0.150 e. The first kappa shape index (κ1) is 16.6. The summed E-state index contributed by atoms with van der Waals surface area (Å²) in [6.07, 6.45) is 3.73. The van der Waals surface area contributed by atoms with E-state index in [9.17, 15) is 4.79 Å². The van der Waals surface area contributed by atoms with E-state index >= 15 is 0 Å². The fourth-order valence-electron chi connectivity index (χ4n) is 2.70. The summed E-state index contributed by atoms with van der Waals surface area (Å²) >= 11 is 3.59. The van der Waals surface area contributed by atoms with Crippen LogP contribution in [0.4, 0.5) is 0 Å². The van der Waals surface area contributed by atoms with Crippen LogP contribution in [-0.4, -0.2) is 24.8 Å². The van der Waals surface area contributed by atoms with E-state index in [0.29, 0.717) is 12.1 Å². The molecule has 1 aliphatic rings. The normalized spacial score (nSPS) is 19.0. The number of carbonyl (C=O) groups excluding carboxylic acids is 1. The highest BCUT2D eigenvalue weighted by molar-refractivity contribution is 9.11. The van der Waals surface area contributed by atoms with E-state index in [1.165, 1.54) is 11.3 Å². The van der Waals surface area contributed by atoms with E-state index in [1.807, 2.05) is 30.3 Å². The monoisotopic (exact) mass is 360 g/mol. The number of benzene rings is 1. The highest BCUT2D eigenvalue weighted by Crippen LogP contribution is 2.33. The van der Waals surface area contributed by atoms with E-state index in [2.05, 4.69) is 46.7 Å². The van der Waals surface area contributed by atoms with Crippen molar-refractivity contribution in [3.8, 4) is 0 Å². The smallest absolute Gasteiger partial charge is 0.150 e. The third-order valence-corrected chi connectivity index (χ3v) is 4.63. The van der Waals surface area contributed by atoms with Crippen LogP contribution in [-0.2, 0) is 6.54 Å². The van der Waals surface area contributed by atoms with Crippen molar-refractivity contribution in [1.82, 2.24) is 10.2 Å². The molecule has 0 aromatic heterocycles. The van der Waals surface area contributed by atoms with Crippen molar-refractivity contribution in [2.24, 2.45) is 0 Å². The fourth-order valence-corrected chi connectivity index (χ4v) is 3.09. The first-order chi connectivity index (χ1) is 10.6. The zero-order valence-corrected chi connectivity index (χ0v) is 14.6. The summed E-state index contributed by atoms with van der Waals surface area (Å²) in [5, 5.41) is 3.46. The number of likely N-dealkylation sites (tertiary alicyclic amines) is 1. The molecule has 116 valence electrons. The van der Waals surface area contributed by atoms with Gasteiger partial charge in [-0.2, -0.15) is 0 Å². The number of rotatable bonds is 5. The molecule has 0 spiro atoms. The first-order valence-corrected chi connectivity index (χ1v) is 8.07. The molecular weight excluding hydrogens is 340 g/mol. The van der Waals surface area contributed by atoms with Crippen LogP contribution in [0.5, 0.6) is 0 Å². The number of aldehydes is 1. The molecule has 0 aliphatic carbocycles. The van der Waals surface area contributed by atoms with Gasteiger partial charge < -0.3 is 10.2 Å². The summed E-state index contributed by atoms with van der Waals surface area (Å²) < 4.78 is 1.05. The number of nitrogens with one attached hydrogen (secondary N) is 1. The molecular formula is C18H21BrN2O. The number of hydrogen-bond donors (Lipinski definition) is 1. The Morgan fingerprint density at radius 1 is 1.50 bits per heavy atom. The second kappa shape index (κ2) is 7.45. The van der Waals surface area contributed by atoms with Gasteiger partial charge in [-0.05, 0) is 30.5 Å². The van der Waals surface area contributed by atoms with E-state index in [1.54, 1.807) is 0 Å². The Kier molecular flexibility index (Phi) is 5.61. The van der Waals surface area contributed by atoms with Crippen LogP contribution < -0.4 is 5.32 Å². The minimum Gasteiger partial charge on any atom is -0.383 e. The fraction of sp³-hybridized carbons (Fsp3) is 0.278. The third kappa shape index (κ3) is 3.69. The van der Waals surface area contributed by atoms with Crippen LogP contribution in [0.15, 0.2) is 58.4 Å². The number of allylic oxidation sites excluding steroid dienone is 4. The Morgan fingerprint density at radius 2 is 2.27 bits per heavy atom. The van der Waals surface area contributed by atoms with Crippen molar-refractivity contribution in [2.45, 2.75) is 19.9 Å². The minimum absolute atomic E-state index is 0.698. The molecule has 0 unspecified atom stereocenters. The number of likely N-dealkylation sites (N-methyl/N-ethyl adjacent to an activating group) is 1. The van der Waals surface area contributed by atoms with Gasteiger partial charge in [0.1, 0.15) is 6.29 Å². The average molecular weight is 361 g/mol. The lowest BCUT2D eigenvalue weighted by molar-refractivity contribution is 0.112. The Hall–Kier alpha value is -1.81. The van der Waals surface area contributed by atoms with Crippen LogP contribution >= 0.6 is 15.9 Å². The molecule has 4 heteroatoms. The molecule has 1 fully saturated rings. The van der Waals surface area contributed by atoms with Gasteiger partial charge in [-0.3, -0.25) is 4.79 Å². The van der Waals surface area contributed by atoms with Crippen molar-refractivity contribution in [3.63, 3.8) is 0 Å². The molecule has 1 aromatic rings. The Bertz CT molecular complexity index is 646. The molecule has 1 aromatic carbocycles. The number of hydrogen-bond acceptors (Lipinski definition) is 3. The Labute approximate surface area is 140 Å².